The fourth-order valence-corrected chi connectivity index (χ4v) is 3.09. The Morgan fingerprint density at radius 1 is 1.28 bits per heavy atom. The second-order valence-electron chi connectivity index (χ2n) is 6.99. The zero-order valence-corrected chi connectivity index (χ0v) is 16.6. The maximum Gasteiger partial charge on any atom is 0.416 e. The molecule has 0 radical (unpaired) electrons. The van der Waals surface area contributed by atoms with Gasteiger partial charge < -0.3 is 15.2 Å². The average molecular weight is 457 g/mol. The number of allylic oxidation sites excluding steroid dienone is 3. The average Bonchev–Trinajstić information content (AvgIpc) is 3.15. The molecular formula is C21H20F5N3O3. The highest BCUT2D eigenvalue weighted by Crippen LogP contribution is 2.35. The van der Waals surface area contributed by atoms with Crippen molar-refractivity contribution in [2.24, 2.45) is 5.92 Å². The number of aliphatic hydroxyl groups excluding tert-OH is 1. The van der Waals surface area contributed by atoms with Gasteiger partial charge in [-0.25, -0.2) is 8.78 Å². The number of carbonyl (C=O) groups is 1. The SMILES string of the molecule is O=C(Nc1ccn(Cc2ccc(OCCCO)cc2C(F)(F)F)n1)C1C(F)=CC=CC1F. The predicted octanol–water partition coefficient (Wildman–Crippen LogP) is 4.03. The molecule has 2 unspecified atom stereocenters. The van der Waals surface area contributed by atoms with Crippen LogP contribution in [0.25, 0.3) is 0 Å². The van der Waals surface area contributed by atoms with Crippen molar-refractivity contribution in [3.8, 4) is 5.75 Å². The molecule has 172 valence electrons. The molecule has 0 fully saturated rings. The molecule has 2 atom stereocenters. The lowest BCUT2D eigenvalue weighted by Gasteiger charge is -2.18. The number of benzene rings is 1. The number of halogens is 5. The van der Waals surface area contributed by atoms with Crippen LogP contribution in [-0.2, 0) is 17.5 Å². The number of anilines is 1. The molecule has 6 nitrogen and oxygen atoms in total. The van der Waals surface area contributed by atoms with Gasteiger partial charge in [-0.05, 0) is 29.8 Å². The summed E-state index contributed by atoms with van der Waals surface area (Å²) < 4.78 is 74.5. The predicted molar refractivity (Wildman–Crippen MR) is 105 cm³/mol. The Bertz CT molecular complexity index is 1020. The molecule has 1 aromatic heterocycles. The molecule has 11 heteroatoms. The zero-order valence-electron chi connectivity index (χ0n) is 16.6. The normalized spacial score (nSPS) is 18.4. The van der Waals surface area contributed by atoms with Crippen LogP contribution in [0.3, 0.4) is 0 Å². The number of ether oxygens (including phenoxy) is 1. The third-order valence-corrected chi connectivity index (χ3v) is 4.63. The van der Waals surface area contributed by atoms with E-state index in [9.17, 15) is 26.7 Å². The highest BCUT2D eigenvalue weighted by molar-refractivity contribution is 5.94. The first-order chi connectivity index (χ1) is 15.2. The molecule has 0 saturated heterocycles. The maximum absolute atomic E-state index is 13.8. The van der Waals surface area contributed by atoms with Crippen LogP contribution in [-0.4, -0.2) is 40.2 Å². The van der Waals surface area contributed by atoms with Crippen LogP contribution in [0.5, 0.6) is 5.75 Å². The zero-order chi connectivity index (χ0) is 23.3. The monoisotopic (exact) mass is 457 g/mol. The van der Waals surface area contributed by atoms with Crippen LogP contribution in [0.4, 0.5) is 27.8 Å². The van der Waals surface area contributed by atoms with Gasteiger partial charge in [0.1, 0.15) is 23.7 Å². The van der Waals surface area contributed by atoms with E-state index < -0.39 is 35.6 Å². The van der Waals surface area contributed by atoms with E-state index in [1.54, 1.807) is 0 Å². The Labute approximate surface area is 180 Å². The summed E-state index contributed by atoms with van der Waals surface area (Å²) >= 11 is 0. The molecule has 0 bridgehead atoms. The largest absolute Gasteiger partial charge is 0.493 e. The summed E-state index contributed by atoms with van der Waals surface area (Å²) in [5.74, 6) is -3.59. The Kier molecular flexibility index (Phi) is 7.29. The van der Waals surface area contributed by atoms with Gasteiger partial charge >= 0.3 is 6.18 Å². The maximum atomic E-state index is 13.8. The molecule has 32 heavy (non-hydrogen) atoms. The van der Waals surface area contributed by atoms with Crippen LogP contribution >= 0.6 is 0 Å². The summed E-state index contributed by atoms with van der Waals surface area (Å²) in [5.41, 5.74) is -1.01. The van der Waals surface area contributed by atoms with Gasteiger partial charge in [0.05, 0.1) is 18.7 Å². The molecular weight excluding hydrogens is 437 g/mol. The highest BCUT2D eigenvalue weighted by Gasteiger charge is 2.34. The first-order valence-corrected chi connectivity index (χ1v) is 9.65. The van der Waals surface area contributed by atoms with Crippen molar-refractivity contribution in [1.82, 2.24) is 9.78 Å². The molecule has 0 aliphatic heterocycles. The van der Waals surface area contributed by atoms with Crippen molar-refractivity contribution in [2.75, 3.05) is 18.5 Å². The van der Waals surface area contributed by atoms with Crippen LogP contribution in [0.1, 0.15) is 17.5 Å². The fraction of sp³-hybridized carbons (Fsp3) is 0.333. The summed E-state index contributed by atoms with van der Waals surface area (Å²) in [6, 6.07) is 4.80. The Morgan fingerprint density at radius 2 is 2.06 bits per heavy atom. The molecule has 1 amide bonds. The molecule has 3 rings (SSSR count). The van der Waals surface area contributed by atoms with Crippen LogP contribution < -0.4 is 10.1 Å². The number of rotatable bonds is 8. The van der Waals surface area contributed by atoms with E-state index in [0.29, 0.717) is 0 Å². The number of carbonyl (C=O) groups excluding carboxylic acids is 1. The molecule has 1 aromatic carbocycles. The van der Waals surface area contributed by atoms with E-state index in [4.69, 9.17) is 9.84 Å². The van der Waals surface area contributed by atoms with Gasteiger partial charge in [0.25, 0.3) is 0 Å². The highest BCUT2D eigenvalue weighted by atomic mass is 19.4. The lowest BCUT2D eigenvalue weighted by atomic mass is 9.96. The van der Waals surface area contributed by atoms with Gasteiger partial charge in [-0.1, -0.05) is 12.1 Å². The van der Waals surface area contributed by atoms with Crippen LogP contribution in [0, 0.1) is 5.92 Å². The van der Waals surface area contributed by atoms with Crippen molar-refractivity contribution in [3.05, 3.63) is 65.6 Å². The number of aliphatic hydroxyl groups is 1. The summed E-state index contributed by atoms with van der Waals surface area (Å²) in [6.45, 7) is -0.343. The summed E-state index contributed by atoms with van der Waals surface area (Å²) in [7, 11) is 0. The molecule has 1 aliphatic carbocycles. The van der Waals surface area contributed by atoms with Gasteiger partial charge in [0.2, 0.25) is 5.91 Å². The van der Waals surface area contributed by atoms with Gasteiger partial charge in [0, 0.05) is 25.3 Å². The van der Waals surface area contributed by atoms with Crippen molar-refractivity contribution < 1.29 is 36.6 Å². The second kappa shape index (κ2) is 9.94. The number of hydrogen-bond acceptors (Lipinski definition) is 4. The third-order valence-electron chi connectivity index (χ3n) is 4.63. The number of nitrogens with one attached hydrogen (secondary N) is 1. The number of alkyl halides is 4. The lowest BCUT2D eigenvalue weighted by Crippen LogP contribution is -2.31. The Balaban J connectivity index is 1.72. The number of aromatic nitrogens is 2. The van der Waals surface area contributed by atoms with Crippen molar-refractivity contribution in [3.63, 3.8) is 0 Å². The van der Waals surface area contributed by atoms with Gasteiger partial charge in [-0.15, -0.1) is 0 Å². The number of hydrogen-bond donors (Lipinski definition) is 2. The molecule has 0 spiro atoms. The first-order valence-electron chi connectivity index (χ1n) is 9.65. The minimum Gasteiger partial charge on any atom is -0.493 e. The first kappa shape index (κ1) is 23.5. The van der Waals surface area contributed by atoms with Crippen LogP contribution in [0.15, 0.2) is 54.5 Å². The quantitative estimate of drug-likeness (QED) is 0.464. The van der Waals surface area contributed by atoms with E-state index in [0.717, 1.165) is 22.9 Å². The van der Waals surface area contributed by atoms with Crippen molar-refractivity contribution >= 4 is 11.7 Å². The second-order valence-corrected chi connectivity index (χ2v) is 6.99. The molecule has 0 saturated carbocycles. The van der Waals surface area contributed by atoms with Crippen molar-refractivity contribution in [2.45, 2.75) is 25.3 Å². The minimum atomic E-state index is -4.65. The smallest absolute Gasteiger partial charge is 0.416 e. The molecule has 2 aromatic rings. The molecule has 1 heterocycles. The molecule has 1 aliphatic rings. The summed E-state index contributed by atoms with van der Waals surface area (Å²) in [6.07, 6.45) is -1.68. The lowest BCUT2D eigenvalue weighted by molar-refractivity contribution is -0.138. The van der Waals surface area contributed by atoms with Crippen molar-refractivity contribution in [1.29, 1.82) is 0 Å². The standard InChI is InChI=1S/C21H20F5N3O3/c22-16-3-1-4-17(23)19(16)20(31)27-18-7-8-29(28-18)12-13-5-6-14(32-10-2-9-30)11-15(13)21(24,25)26/h1,3-8,11,16,19,30H,2,9-10,12H2,(H,27,28,31). The third kappa shape index (κ3) is 5.72. The minimum absolute atomic E-state index is 0.0142. The van der Waals surface area contributed by atoms with E-state index >= 15 is 0 Å². The Hall–Kier alpha value is -3.21. The van der Waals surface area contributed by atoms with Gasteiger partial charge in [0.15, 0.2) is 5.82 Å². The number of amides is 1. The topological polar surface area (TPSA) is 76.4 Å². The summed E-state index contributed by atoms with van der Waals surface area (Å²) in [4.78, 5) is 12.2. The van der Waals surface area contributed by atoms with Crippen LogP contribution in [0.2, 0.25) is 0 Å². The van der Waals surface area contributed by atoms with E-state index in [1.807, 2.05) is 0 Å². The van der Waals surface area contributed by atoms with E-state index in [-0.39, 0.29) is 43.3 Å². The van der Waals surface area contributed by atoms with Gasteiger partial charge in [-0.3, -0.25) is 9.48 Å². The van der Waals surface area contributed by atoms with E-state index in [2.05, 4.69) is 10.4 Å². The van der Waals surface area contributed by atoms with E-state index in [1.165, 1.54) is 30.5 Å². The fourth-order valence-electron chi connectivity index (χ4n) is 3.09. The Morgan fingerprint density at radius 3 is 2.75 bits per heavy atom. The molecule has 2 N–H and O–H groups in total. The summed E-state index contributed by atoms with van der Waals surface area (Å²) in [5, 5.41) is 15.0. The number of nitrogens with zero attached hydrogens (tertiary/aromatic N) is 2. The van der Waals surface area contributed by atoms with Gasteiger partial charge in [-0.2, -0.15) is 18.3 Å².